The largest absolute Gasteiger partial charge is 0.409 e. The Morgan fingerprint density at radius 3 is 2.48 bits per heavy atom. The maximum Gasteiger partial charge on any atom is 0.321 e. The van der Waals surface area contributed by atoms with E-state index in [4.69, 9.17) is 10.9 Å². The molecule has 21 heavy (non-hydrogen) atoms. The van der Waals surface area contributed by atoms with Crippen molar-refractivity contribution in [1.29, 1.82) is 0 Å². The quantitative estimate of drug-likeness (QED) is 0.335. The van der Waals surface area contributed by atoms with Crippen LogP contribution < -0.4 is 11.1 Å². The standard InChI is InChI=1S/C14H21N5O2/c1-11(13(15)17-21)18-7-9-19(10-8-18)14(20)16-12-5-3-2-4-6-12/h2-6,11,21H,7-10H2,1H3,(H2,15,17)(H,16,20). The summed E-state index contributed by atoms with van der Waals surface area (Å²) in [5.74, 6) is 0.192. The van der Waals surface area contributed by atoms with Crippen LogP contribution in [-0.4, -0.2) is 59.1 Å². The highest BCUT2D eigenvalue weighted by Crippen LogP contribution is 2.10. The van der Waals surface area contributed by atoms with Crippen molar-refractivity contribution in [3.8, 4) is 0 Å². The number of carbonyl (C=O) groups is 1. The maximum absolute atomic E-state index is 12.1. The summed E-state index contributed by atoms with van der Waals surface area (Å²) in [5.41, 5.74) is 6.40. The first kappa shape index (κ1) is 15.1. The van der Waals surface area contributed by atoms with Gasteiger partial charge in [-0.2, -0.15) is 0 Å². The second-order valence-corrected chi connectivity index (χ2v) is 5.02. The first-order valence-electron chi connectivity index (χ1n) is 6.94. The molecule has 0 aliphatic carbocycles. The molecule has 1 atom stereocenters. The highest BCUT2D eigenvalue weighted by Gasteiger charge is 2.25. The number of carbonyl (C=O) groups excluding carboxylic acids is 1. The van der Waals surface area contributed by atoms with Crippen molar-refractivity contribution in [2.45, 2.75) is 13.0 Å². The Bertz CT molecular complexity index is 497. The van der Waals surface area contributed by atoms with E-state index in [9.17, 15) is 4.79 Å². The van der Waals surface area contributed by atoms with Gasteiger partial charge in [-0.3, -0.25) is 4.90 Å². The summed E-state index contributed by atoms with van der Waals surface area (Å²) in [5, 5.41) is 14.6. The Labute approximate surface area is 124 Å². The summed E-state index contributed by atoms with van der Waals surface area (Å²) in [6.45, 7) is 4.50. The van der Waals surface area contributed by atoms with E-state index in [2.05, 4.69) is 15.4 Å². The molecule has 7 heteroatoms. The molecule has 2 rings (SSSR count). The monoisotopic (exact) mass is 291 g/mol. The van der Waals surface area contributed by atoms with Gasteiger partial charge in [-0.15, -0.1) is 0 Å². The molecule has 1 aromatic rings. The van der Waals surface area contributed by atoms with Gasteiger partial charge < -0.3 is 21.2 Å². The average Bonchev–Trinajstić information content (AvgIpc) is 2.54. The van der Waals surface area contributed by atoms with Gasteiger partial charge in [0.05, 0.1) is 6.04 Å². The van der Waals surface area contributed by atoms with Crippen molar-refractivity contribution in [3.05, 3.63) is 30.3 Å². The van der Waals surface area contributed by atoms with Crippen molar-refractivity contribution < 1.29 is 10.0 Å². The van der Waals surface area contributed by atoms with E-state index < -0.39 is 0 Å². The Morgan fingerprint density at radius 1 is 1.29 bits per heavy atom. The van der Waals surface area contributed by atoms with Crippen molar-refractivity contribution >= 4 is 17.6 Å². The molecule has 2 amide bonds. The van der Waals surface area contributed by atoms with Crippen LogP contribution in [0.4, 0.5) is 10.5 Å². The van der Waals surface area contributed by atoms with E-state index in [0.29, 0.717) is 26.2 Å². The molecule has 1 aromatic carbocycles. The van der Waals surface area contributed by atoms with Gasteiger partial charge in [0.1, 0.15) is 0 Å². The Hall–Kier alpha value is -2.28. The zero-order chi connectivity index (χ0) is 15.2. The van der Waals surface area contributed by atoms with Crippen LogP contribution in [0.1, 0.15) is 6.92 Å². The molecule has 4 N–H and O–H groups in total. The SMILES string of the molecule is CC(C(N)=NO)N1CCN(C(=O)Nc2ccccc2)CC1. The molecular formula is C14H21N5O2. The zero-order valence-electron chi connectivity index (χ0n) is 12.1. The average molecular weight is 291 g/mol. The Kier molecular flexibility index (Phi) is 4.99. The lowest BCUT2D eigenvalue weighted by atomic mass is 10.2. The van der Waals surface area contributed by atoms with E-state index in [1.807, 2.05) is 37.3 Å². The number of benzene rings is 1. The summed E-state index contributed by atoms with van der Waals surface area (Å²) in [4.78, 5) is 16.0. The van der Waals surface area contributed by atoms with Gasteiger partial charge in [-0.05, 0) is 19.1 Å². The third kappa shape index (κ3) is 3.85. The van der Waals surface area contributed by atoms with Gasteiger partial charge in [-0.25, -0.2) is 4.79 Å². The number of nitrogens with zero attached hydrogens (tertiary/aromatic N) is 3. The number of oxime groups is 1. The van der Waals surface area contributed by atoms with E-state index in [-0.39, 0.29) is 17.9 Å². The van der Waals surface area contributed by atoms with Gasteiger partial charge in [0.2, 0.25) is 0 Å². The molecule has 1 aliphatic rings. The Morgan fingerprint density at radius 2 is 1.90 bits per heavy atom. The lowest BCUT2D eigenvalue weighted by Crippen LogP contribution is -2.55. The first-order valence-corrected chi connectivity index (χ1v) is 6.94. The van der Waals surface area contributed by atoms with Crippen molar-refractivity contribution in [3.63, 3.8) is 0 Å². The fraction of sp³-hybridized carbons (Fsp3) is 0.429. The van der Waals surface area contributed by atoms with Crippen LogP contribution in [-0.2, 0) is 0 Å². The minimum Gasteiger partial charge on any atom is -0.409 e. The third-order valence-electron chi connectivity index (χ3n) is 3.72. The van der Waals surface area contributed by atoms with Crippen LogP contribution in [0.3, 0.4) is 0 Å². The number of piperazine rings is 1. The molecule has 0 saturated carbocycles. The van der Waals surface area contributed by atoms with Crippen molar-refractivity contribution in [2.24, 2.45) is 10.9 Å². The van der Waals surface area contributed by atoms with E-state index in [1.54, 1.807) is 4.90 Å². The number of amides is 2. The molecular weight excluding hydrogens is 270 g/mol. The number of nitrogens with one attached hydrogen (secondary N) is 1. The van der Waals surface area contributed by atoms with Gasteiger partial charge in [0.25, 0.3) is 0 Å². The molecule has 114 valence electrons. The molecule has 1 aliphatic heterocycles. The molecule has 0 bridgehead atoms. The topological polar surface area (TPSA) is 94.2 Å². The fourth-order valence-electron chi connectivity index (χ4n) is 2.31. The normalized spacial score (nSPS) is 18.3. The molecule has 0 spiro atoms. The molecule has 1 saturated heterocycles. The number of nitrogens with two attached hydrogens (primary N) is 1. The van der Waals surface area contributed by atoms with Crippen LogP contribution in [0.15, 0.2) is 35.5 Å². The smallest absolute Gasteiger partial charge is 0.321 e. The molecule has 7 nitrogen and oxygen atoms in total. The van der Waals surface area contributed by atoms with Crippen molar-refractivity contribution in [2.75, 3.05) is 31.5 Å². The molecule has 1 unspecified atom stereocenters. The van der Waals surface area contributed by atoms with E-state index >= 15 is 0 Å². The van der Waals surface area contributed by atoms with Crippen LogP contribution in [0, 0.1) is 0 Å². The number of urea groups is 1. The Balaban J connectivity index is 1.85. The summed E-state index contributed by atoms with van der Waals surface area (Å²) < 4.78 is 0. The van der Waals surface area contributed by atoms with Crippen LogP contribution in [0.2, 0.25) is 0 Å². The minimum atomic E-state index is -0.130. The summed E-state index contributed by atoms with van der Waals surface area (Å²) in [6.07, 6.45) is 0. The molecule has 0 radical (unpaired) electrons. The third-order valence-corrected chi connectivity index (χ3v) is 3.72. The van der Waals surface area contributed by atoms with Crippen LogP contribution in [0.25, 0.3) is 0 Å². The zero-order valence-corrected chi connectivity index (χ0v) is 12.1. The maximum atomic E-state index is 12.1. The van der Waals surface area contributed by atoms with E-state index in [1.165, 1.54) is 0 Å². The first-order chi connectivity index (χ1) is 10.1. The number of para-hydroxylation sites is 1. The summed E-state index contributed by atoms with van der Waals surface area (Å²) in [6, 6.07) is 9.15. The van der Waals surface area contributed by atoms with Crippen LogP contribution in [0.5, 0.6) is 0 Å². The molecule has 0 aromatic heterocycles. The second kappa shape index (κ2) is 6.94. The number of anilines is 1. The predicted molar refractivity (Wildman–Crippen MR) is 81.5 cm³/mol. The van der Waals surface area contributed by atoms with Gasteiger partial charge in [-0.1, -0.05) is 23.4 Å². The highest BCUT2D eigenvalue weighted by molar-refractivity contribution is 5.89. The fourth-order valence-corrected chi connectivity index (χ4v) is 2.31. The van der Waals surface area contributed by atoms with Gasteiger partial charge in [0, 0.05) is 31.9 Å². The van der Waals surface area contributed by atoms with Crippen molar-refractivity contribution in [1.82, 2.24) is 9.80 Å². The summed E-state index contributed by atoms with van der Waals surface area (Å²) >= 11 is 0. The second-order valence-electron chi connectivity index (χ2n) is 5.02. The number of rotatable bonds is 3. The lowest BCUT2D eigenvalue weighted by Gasteiger charge is -2.37. The minimum absolute atomic E-state index is 0.0997. The number of hydrogen-bond acceptors (Lipinski definition) is 4. The number of hydrogen-bond donors (Lipinski definition) is 3. The van der Waals surface area contributed by atoms with Gasteiger partial charge in [0.15, 0.2) is 5.84 Å². The highest BCUT2D eigenvalue weighted by atomic mass is 16.4. The van der Waals surface area contributed by atoms with E-state index in [0.717, 1.165) is 5.69 Å². The molecule has 1 heterocycles. The number of amidine groups is 1. The van der Waals surface area contributed by atoms with Gasteiger partial charge >= 0.3 is 6.03 Å². The van der Waals surface area contributed by atoms with Crippen LogP contribution >= 0.6 is 0 Å². The molecule has 1 fully saturated rings. The lowest BCUT2D eigenvalue weighted by molar-refractivity contribution is 0.137. The summed E-state index contributed by atoms with van der Waals surface area (Å²) in [7, 11) is 0. The predicted octanol–water partition coefficient (Wildman–Crippen LogP) is 0.971.